The Bertz CT molecular complexity index is 2250. The summed E-state index contributed by atoms with van der Waals surface area (Å²) in [6.45, 7) is 15.8. The molecule has 288 valence electrons. The number of allylic oxidation sites excluding steroid dienone is 2. The number of nitrogens with zero attached hydrogens (tertiary/aromatic N) is 2. The van der Waals surface area contributed by atoms with Gasteiger partial charge in [0.25, 0.3) is 11.7 Å². The lowest BCUT2D eigenvalue weighted by molar-refractivity contribution is -0.112. The van der Waals surface area contributed by atoms with E-state index in [-0.39, 0.29) is 80.5 Å². The average Bonchev–Trinajstić information content (AvgIpc) is 3.64. The third-order valence-corrected chi connectivity index (χ3v) is 12.0. The Hall–Kier alpha value is -4.91. The van der Waals surface area contributed by atoms with Crippen LogP contribution in [0.2, 0.25) is 0 Å². The number of rotatable bonds is 1. The minimum absolute atomic E-state index is 0.0212. The van der Waals surface area contributed by atoms with Crippen molar-refractivity contribution < 1.29 is 44.6 Å². The average molecular weight is 742 g/mol. The first kappa shape index (κ1) is 38.8. The summed E-state index contributed by atoms with van der Waals surface area (Å²) in [5.74, 6) is -5.58. The van der Waals surface area contributed by atoms with Crippen LogP contribution in [0.15, 0.2) is 54.5 Å². The molecule has 0 fully saturated rings. The number of hydrogen-bond donors (Lipinski definition) is 6. The largest absolute Gasteiger partial charge is 0.507 e. The smallest absolute Gasteiger partial charge is 0.312 e. The number of fused-ring (bicyclic) bond motifs is 14. The molecule has 9 atom stereocenters. The molecule has 0 saturated carbocycles. The molecule has 1 amide bonds. The van der Waals surface area contributed by atoms with Crippen LogP contribution in [-0.4, -0.2) is 71.2 Å². The molecule has 12 nitrogen and oxygen atoms in total. The predicted octanol–water partition coefficient (Wildman–Crippen LogP) is 6.46. The number of anilines is 1. The number of aliphatic hydroxyl groups excluding tert-OH is 3. The Kier molecular flexibility index (Phi) is 10.3. The Morgan fingerprint density at radius 3 is 2.31 bits per heavy atom. The predicted molar refractivity (Wildman–Crippen MR) is 207 cm³/mol. The van der Waals surface area contributed by atoms with E-state index in [9.17, 15) is 35.1 Å². The number of benzene rings is 2. The Balaban J connectivity index is 1.58. The number of aryl methyl sites for hydroxylation is 1. The molecule has 1 unspecified atom stereocenters. The van der Waals surface area contributed by atoms with Gasteiger partial charge in [-0.3, -0.25) is 14.0 Å². The molecule has 5 bridgehead atoms. The Labute approximate surface area is 314 Å². The van der Waals surface area contributed by atoms with Crippen molar-refractivity contribution in [3.05, 3.63) is 71.2 Å². The normalized spacial score (nSPS) is 32.0. The standard InChI is InChI=1S/C42H51N3O9/c1-19-13-15-45-28(17-19)43-32-29-30-37(49)26(8)39-31(29)40(51)42(9,54-39)53-16-14-27(18-46)23(5)22(4)24(6)36(48)25(7)35(47)20(2)11-10-12-21(3)41(52)44-33(34(32)45)38(30)50/h10-17,20,22-25,27,35-36,46-50H,18H2,1-9H3,(H,44,52)/b11-10+,16-14+,21-12-/t20-,22+,23-,24-,25+,27+,35-,36?,42-/m0/s1. The fourth-order valence-corrected chi connectivity index (χ4v) is 7.90. The number of imidazole rings is 1. The number of aliphatic hydroxyl groups is 3. The number of nitrogens with one attached hydrogen (secondary N) is 1. The second-order valence-electron chi connectivity index (χ2n) is 15.5. The van der Waals surface area contributed by atoms with Crippen LogP contribution in [0.25, 0.3) is 27.5 Å². The molecule has 0 spiro atoms. The number of carbonyl (C=O) groups is 2. The Morgan fingerprint density at radius 1 is 0.926 bits per heavy atom. The van der Waals surface area contributed by atoms with E-state index in [1.807, 2.05) is 46.8 Å². The zero-order chi connectivity index (χ0) is 39.5. The Morgan fingerprint density at radius 2 is 1.63 bits per heavy atom. The summed E-state index contributed by atoms with van der Waals surface area (Å²) in [4.78, 5) is 33.1. The summed E-state index contributed by atoms with van der Waals surface area (Å²) in [7, 11) is 0. The van der Waals surface area contributed by atoms with Crippen LogP contribution in [0.3, 0.4) is 0 Å². The highest BCUT2D eigenvalue weighted by molar-refractivity contribution is 6.28. The lowest BCUT2D eigenvalue weighted by atomic mass is 9.72. The molecule has 3 aliphatic rings. The van der Waals surface area contributed by atoms with Gasteiger partial charge in [0.1, 0.15) is 33.9 Å². The van der Waals surface area contributed by atoms with Crippen molar-refractivity contribution in [2.24, 2.45) is 35.5 Å². The summed E-state index contributed by atoms with van der Waals surface area (Å²) in [5.41, 5.74) is 2.39. The van der Waals surface area contributed by atoms with Gasteiger partial charge in [0, 0.05) is 54.0 Å². The molecule has 0 radical (unpaired) electrons. The van der Waals surface area contributed by atoms with Crippen molar-refractivity contribution in [2.75, 3.05) is 11.9 Å². The number of ether oxygens (including phenoxy) is 2. The van der Waals surface area contributed by atoms with Crippen LogP contribution in [0.4, 0.5) is 5.69 Å². The van der Waals surface area contributed by atoms with Gasteiger partial charge in [-0.1, -0.05) is 52.8 Å². The topological polar surface area (TPSA) is 183 Å². The van der Waals surface area contributed by atoms with Crippen LogP contribution < -0.4 is 10.1 Å². The van der Waals surface area contributed by atoms with E-state index in [0.717, 1.165) is 5.56 Å². The monoisotopic (exact) mass is 741 g/mol. The van der Waals surface area contributed by atoms with Gasteiger partial charge in [-0.25, -0.2) is 4.98 Å². The van der Waals surface area contributed by atoms with E-state index >= 15 is 0 Å². The summed E-state index contributed by atoms with van der Waals surface area (Å²) in [6, 6.07) is 3.66. The number of pyridine rings is 1. The van der Waals surface area contributed by atoms with Crippen LogP contribution in [0.1, 0.15) is 70.0 Å². The number of phenols is 2. The number of Topliss-reactive ketones (excluding diaryl/α,β-unsaturated/α-hetero) is 1. The third kappa shape index (κ3) is 6.29. The molecule has 6 N–H and O–H groups in total. The summed E-state index contributed by atoms with van der Waals surface area (Å²) >= 11 is 0. The van der Waals surface area contributed by atoms with E-state index in [2.05, 4.69) is 5.32 Å². The first-order chi connectivity index (χ1) is 25.4. The summed E-state index contributed by atoms with van der Waals surface area (Å²) < 4.78 is 14.0. The van der Waals surface area contributed by atoms with Crippen molar-refractivity contribution >= 4 is 44.8 Å². The highest BCUT2D eigenvalue weighted by Crippen LogP contribution is 2.54. The van der Waals surface area contributed by atoms with Crippen LogP contribution >= 0.6 is 0 Å². The molecule has 5 heterocycles. The number of ketones is 1. The summed E-state index contributed by atoms with van der Waals surface area (Å²) in [5, 5.41) is 59.6. The van der Waals surface area contributed by atoms with Gasteiger partial charge in [0.05, 0.1) is 29.4 Å². The zero-order valence-corrected chi connectivity index (χ0v) is 32.2. The molecule has 0 aliphatic carbocycles. The molecule has 4 aromatic rings. The maximum absolute atomic E-state index is 14.5. The van der Waals surface area contributed by atoms with Crippen molar-refractivity contribution in [3.63, 3.8) is 0 Å². The van der Waals surface area contributed by atoms with Gasteiger partial charge in [-0.05, 0) is 62.3 Å². The number of hydrogen-bond acceptors (Lipinski definition) is 10. The number of aromatic nitrogens is 2. The van der Waals surface area contributed by atoms with Gasteiger partial charge in [-0.2, -0.15) is 0 Å². The second-order valence-corrected chi connectivity index (χ2v) is 15.5. The maximum Gasteiger partial charge on any atom is 0.312 e. The van der Waals surface area contributed by atoms with E-state index < -0.39 is 47.3 Å². The van der Waals surface area contributed by atoms with Gasteiger partial charge < -0.3 is 40.3 Å². The molecular weight excluding hydrogens is 690 g/mol. The third-order valence-electron chi connectivity index (χ3n) is 12.0. The molecule has 2 aromatic heterocycles. The molecule has 54 heavy (non-hydrogen) atoms. The van der Waals surface area contributed by atoms with Crippen molar-refractivity contribution in [2.45, 2.75) is 80.3 Å². The highest BCUT2D eigenvalue weighted by atomic mass is 16.7. The molecule has 7 rings (SSSR count). The SMILES string of the molecule is C/C1=C/C=C/[C@H](C)[C@H](O)[C@@H](C)C(O)[C@@H](C)[C@H](C)[C@H](C)[C@@H](CO)/C=C/O[C@@]2(C)Oc3c(C)c(O)c4c(O)c(c5c(nc6cc(C)ccn65)c4c3C2=O)NC1=O. The molecule has 0 saturated heterocycles. The molecular formula is C42H51N3O9. The van der Waals surface area contributed by atoms with E-state index in [0.29, 0.717) is 11.2 Å². The zero-order valence-electron chi connectivity index (χ0n) is 32.2. The van der Waals surface area contributed by atoms with Crippen LogP contribution in [-0.2, 0) is 9.53 Å². The number of carbonyl (C=O) groups excluding carboxylic acids is 2. The minimum Gasteiger partial charge on any atom is -0.507 e. The quantitative estimate of drug-likeness (QED) is 0.119. The van der Waals surface area contributed by atoms with E-state index in [1.165, 1.54) is 13.2 Å². The number of amides is 1. The molecule has 12 heteroatoms. The first-order valence-corrected chi connectivity index (χ1v) is 18.5. The number of phenolic OH excluding ortho intramolecular Hbond substituents is 2. The second kappa shape index (κ2) is 14.4. The molecule has 3 aliphatic heterocycles. The lowest BCUT2D eigenvalue weighted by Crippen LogP contribution is -2.41. The van der Waals surface area contributed by atoms with Gasteiger partial charge >= 0.3 is 5.79 Å². The van der Waals surface area contributed by atoms with E-state index in [1.54, 1.807) is 55.7 Å². The number of aromatic hydroxyl groups is 2. The summed E-state index contributed by atoms with van der Waals surface area (Å²) in [6.07, 6.45) is 8.00. The fraction of sp³-hybridized carbons (Fsp3) is 0.452. The van der Waals surface area contributed by atoms with Gasteiger partial charge in [0.2, 0.25) is 0 Å². The van der Waals surface area contributed by atoms with Crippen molar-refractivity contribution in [1.29, 1.82) is 0 Å². The maximum atomic E-state index is 14.5. The van der Waals surface area contributed by atoms with Crippen molar-refractivity contribution in [1.82, 2.24) is 9.38 Å². The van der Waals surface area contributed by atoms with Crippen LogP contribution in [0.5, 0.6) is 17.2 Å². The van der Waals surface area contributed by atoms with Crippen molar-refractivity contribution in [3.8, 4) is 17.2 Å². The molecule has 2 aromatic carbocycles. The van der Waals surface area contributed by atoms with E-state index in [4.69, 9.17) is 14.5 Å². The van der Waals surface area contributed by atoms with Gasteiger partial charge in [0.15, 0.2) is 5.75 Å². The minimum atomic E-state index is -1.89. The van der Waals surface area contributed by atoms with Crippen LogP contribution in [0, 0.1) is 49.4 Å². The lowest BCUT2D eigenvalue weighted by Gasteiger charge is -2.37. The fourth-order valence-electron chi connectivity index (χ4n) is 7.90. The van der Waals surface area contributed by atoms with Gasteiger partial charge in [-0.15, -0.1) is 0 Å². The first-order valence-electron chi connectivity index (χ1n) is 18.5. The highest BCUT2D eigenvalue weighted by Gasteiger charge is 2.49.